The third-order valence-corrected chi connectivity index (χ3v) is 4.97. The second-order valence-corrected chi connectivity index (χ2v) is 6.88. The maximum atomic E-state index is 12.1. The molecule has 1 amide bonds. The summed E-state index contributed by atoms with van der Waals surface area (Å²) in [6, 6.07) is 10.9. The van der Waals surface area contributed by atoms with Crippen LogP contribution in [0.1, 0.15) is 34.3 Å². The quantitative estimate of drug-likeness (QED) is 0.623. The fourth-order valence-corrected chi connectivity index (χ4v) is 3.24. The lowest BCUT2D eigenvalue weighted by Crippen LogP contribution is -2.19. The fraction of sp³-hybridized carbons (Fsp3) is 0.263. The zero-order chi connectivity index (χ0) is 17.8. The van der Waals surface area contributed by atoms with Crippen LogP contribution in [0.2, 0.25) is 10.0 Å². The third-order valence-electron chi connectivity index (χ3n) is 4.23. The Morgan fingerprint density at radius 3 is 2.56 bits per heavy atom. The summed E-state index contributed by atoms with van der Waals surface area (Å²) in [5.74, 6) is -0.333. The average Bonchev–Trinajstić information content (AvgIpc) is 3.11. The summed E-state index contributed by atoms with van der Waals surface area (Å²) >= 11 is 11.8. The van der Waals surface area contributed by atoms with Crippen LogP contribution in [0, 0.1) is 6.92 Å². The van der Waals surface area contributed by atoms with Crippen LogP contribution in [-0.2, 0) is 0 Å². The van der Waals surface area contributed by atoms with E-state index in [-0.39, 0.29) is 5.91 Å². The number of hydrogen-bond acceptors (Lipinski definition) is 3. The Kier molecular flexibility index (Phi) is 5.61. The molecule has 2 aromatic rings. The monoisotopic (exact) mass is 375 g/mol. The molecule has 0 spiro atoms. The largest absolute Gasteiger partial charge is 0.371 e. The van der Waals surface area contributed by atoms with Gasteiger partial charge in [-0.05, 0) is 61.2 Å². The van der Waals surface area contributed by atoms with Crippen LogP contribution in [0.15, 0.2) is 41.5 Å². The standard InChI is InChI=1S/C19H19Cl2N3O/c1-13-10-14(4-7-18(13)24-8-2-3-9-24)12-22-23-19(25)15-5-6-16(20)17(21)11-15/h4-7,10-12H,2-3,8-9H2,1H3,(H,23,25)/b22-12+. The van der Waals surface area contributed by atoms with Crippen LogP contribution in [-0.4, -0.2) is 25.2 Å². The van der Waals surface area contributed by atoms with Crippen molar-refractivity contribution in [2.75, 3.05) is 18.0 Å². The minimum absolute atomic E-state index is 0.333. The molecule has 0 unspecified atom stereocenters. The van der Waals surface area contributed by atoms with Gasteiger partial charge < -0.3 is 4.90 Å². The number of carbonyl (C=O) groups is 1. The summed E-state index contributed by atoms with van der Waals surface area (Å²) in [5, 5.41) is 4.78. The molecule has 0 aliphatic carbocycles. The molecule has 0 radical (unpaired) electrons. The van der Waals surface area contributed by atoms with Gasteiger partial charge in [-0.1, -0.05) is 29.3 Å². The topological polar surface area (TPSA) is 44.7 Å². The molecule has 1 aliphatic rings. The highest BCUT2D eigenvalue weighted by atomic mass is 35.5. The van der Waals surface area contributed by atoms with E-state index >= 15 is 0 Å². The van der Waals surface area contributed by atoms with Crippen molar-refractivity contribution in [3.63, 3.8) is 0 Å². The molecule has 1 saturated heterocycles. The minimum Gasteiger partial charge on any atom is -0.371 e. The zero-order valence-electron chi connectivity index (χ0n) is 13.9. The maximum absolute atomic E-state index is 12.1. The molecule has 1 heterocycles. The number of nitrogens with zero attached hydrogens (tertiary/aromatic N) is 2. The van der Waals surface area contributed by atoms with Gasteiger partial charge in [0.05, 0.1) is 16.3 Å². The van der Waals surface area contributed by atoms with E-state index in [1.165, 1.54) is 30.2 Å². The average molecular weight is 376 g/mol. The second-order valence-electron chi connectivity index (χ2n) is 6.07. The lowest BCUT2D eigenvalue weighted by Gasteiger charge is -2.20. The van der Waals surface area contributed by atoms with Gasteiger partial charge in [0, 0.05) is 24.3 Å². The van der Waals surface area contributed by atoms with E-state index in [0.29, 0.717) is 15.6 Å². The number of hydrogen-bond donors (Lipinski definition) is 1. The number of halogens is 2. The molecule has 0 bridgehead atoms. The molecule has 1 aliphatic heterocycles. The molecular weight excluding hydrogens is 357 g/mol. The number of nitrogens with one attached hydrogen (secondary N) is 1. The predicted octanol–water partition coefficient (Wildman–Crippen LogP) is 4.67. The number of benzene rings is 2. The lowest BCUT2D eigenvalue weighted by atomic mass is 10.1. The molecule has 0 saturated carbocycles. The van der Waals surface area contributed by atoms with Gasteiger partial charge in [0.1, 0.15) is 0 Å². The first-order valence-electron chi connectivity index (χ1n) is 8.18. The van der Waals surface area contributed by atoms with E-state index in [4.69, 9.17) is 23.2 Å². The fourth-order valence-electron chi connectivity index (χ4n) is 2.94. The molecule has 130 valence electrons. The Hall–Kier alpha value is -2.04. The highest BCUT2D eigenvalue weighted by Crippen LogP contribution is 2.25. The van der Waals surface area contributed by atoms with Crippen molar-refractivity contribution in [1.29, 1.82) is 0 Å². The first-order valence-corrected chi connectivity index (χ1v) is 8.94. The van der Waals surface area contributed by atoms with Crippen molar-refractivity contribution < 1.29 is 4.79 Å². The van der Waals surface area contributed by atoms with Crippen LogP contribution in [0.25, 0.3) is 0 Å². The molecule has 3 rings (SSSR count). The highest BCUT2D eigenvalue weighted by Gasteiger charge is 2.14. The van der Waals surface area contributed by atoms with Crippen LogP contribution in [0.4, 0.5) is 5.69 Å². The first-order chi connectivity index (χ1) is 12.0. The van der Waals surface area contributed by atoms with Crippen LogP contribution in [0.5, 0.6) is 0 Å². The molecule has 2 aromatic carbocycles. The third kappa shape index (κ3) is 4.33. The van der Waals surface area contributed by atoms with E-state index < -0.39 is 0 Å². The van der Waals surface area contributed by atoms with Crippen LogP contribution in [0.3, 0.4) is 0 Å². The minimum atomic E-state index is -0.333. The highest BCUT2D eigenvalue weighted by molar-refractivity contribution is 6.42. The van der Waals surface area contributed by atoms with E-state index in [1.807, 2.05) is 6.07 Å². The molecule has 4 nitrogen and oxygen atoms in total. The number of anilines is 1. The van der Waals surface area contributed by atoms with Crippen molar-refractivity contribution in [3.05, 3.63) is 63.1 Å². The van der Waals surface area contributed by atoms with E-state index in [1.54, 1.807) is 18.3 Å². The summed E-state index contributed by atoms with van der Waals surface area (Å²) in [5.41, 5.74) is 6.33. The number of aryl methyl sites for hydroxylation is 1. The van der Waals surface area contributed by atoms with Gasteiger partial charge >= 0.3 is 0 Å². The number of carbonyl (C=O) groups excluding carboxylic acids is 1. The van der Waals surface area contributed by atoms with E-state index in [2.05, 4.69) is 34.5 Å². The molecular formula is C19H19Cl2N3O. The molecule has 0 aromatic heterocycles. The summed E-state index contributed by atoms with van der Waals surface area (Å²) in [6.07, 6.45) is 4.14. The Morgan fingerprint density at radius 2 is 1.88 bits per heavy atom. The van der Waals surface area contributed by atoms with Gasteiger partial charge in [-0.25, -0.2) is 5.43 Å². The Balaban J connectivity index is 1.64. The van der Waals surface area contributed by atoms with E-state index in [0.717, 1.165) is 18.7 Å². The summed E-state index contributed by atoms with van der Waals surface area (Å²) in [6.45, 7) is 4.33. The van der Waals surface area contributed by atoms with Gasteiger partial charge in [0.15, 0.2) is 0 Å². The molecule has 6 heteroatoms. The van der Waals surface area contributed by atoms with Gasteiger partial charge in [-0.3, -0.25) is 4.79 Å². The van der Waals surface area contributed by atoms with Crippen LogP contribution < -0.4 is 10.3 Å². The Labute approximate surface area is 157 Å². The van der Waals surface area contributed by atoms with Crippen molar-refractivity contribution >= 4 is 41.0 Å². The smallest absolute Gasteiger partial charge is 0.271 e. The lowest BCUT2D eigenvalue weighted by molar-refractivity contribution is 0.0955. The number of rotatable bonds is 4. The van der Waals surface area contributed by atoms with Crippen molar-refractivity contribution in [1.82, 2.24) is 5.43 Å². The van der Waals surface area contributed by atoms with Gasteiger partial charge in [-0.2, -0.15) is 5.10 Å². The van der Waals surface area contributed by atoms with E-state index in [9.17, 15) is 4.79 Å². The van der Waals surface area contributed by atoms with Gasteiger partial charge in [-0.15, -0.1) is 0 Å². The second kappa shape index (κ2) is 7.89. The summed E-state index contributed by atoms with van der Waals surface area (Å²) < 4.78 is 0. The molecule has 25 heavy (non-hydrogen) atoms. The maximum Gasteiger partial charge on any atom is 0.271 e. The Bertz CT molecular complexity index is 814. The van der Waals surface area contributed by atoms with Crippen LogP contribution >= 0.6 is 23.2 Å². The summed E-state index contributed by atoms with van der Waals surface area (Å²) in [7, 11) is 0. The Morgan fingerprint density at radius 1 is 1.12 bits per heavy atom. The normalized spacial score (nSPS) is 14.3. The summed E-state index contributed by atoms with van der Waals surface area (Å²) in [4.78, 5) is 14.5. The number of hydrazone groups is 1. The zero-order valence-corrected chi connectivity index (χ0v) is 15.4. The van der Waals surface area contributed by atoms with Crippen molar-refractivity contribution in [3.8, 4) is 0 Å². The molecule has 0 atom stereocenters. The van der Waals surface area contributed by atoms with Gasteiger partial charge in [0.2, 0.25) is 0 Å². The molecule has 1 N–H and O–H groups in total. The SMILES string of the molecule is Cc1cc(/C=N/NC(=O)c2ccc(Cl)c(Cl)c2)ccc1N1CCCC1. The van der Waals surface area contributed by atoms with Gasteiger partial charge in [0.25, 0.3) is 5.91 Å². The van der Waals surface area contributed by atoms with Crippen molar-refractivity contribution in [2.24, 2.45) is 5.10 Å². The number of amides is 1. The van der Waals surface area contributed by atoms with Crippen molar-refractivity contribution in [2.45, 2.75) is 19.8 Å². The first kappa shape index (κ1) is 17.8. The predicted molar refractivity (Wildman–Crippen MR) is 104 cm³/mol. The molecule has 1 fully saturated rings.